The Hall–Kier alpha value is -8.11. The number of ether oxygens (including phenoxy) is 1. The molecule has 2 spiro atoms. The van der Waals surface area contributed by atoms with Crippen molar-refractivity contribution in [2.24, 2.45) is 0 Å². The maximum absolute atomic E-state index is 13.3. The summed E-state index contributed by atoms with van der Waals surface area (Å²) in [5.74, 6) is -0.0862. The molecular formula is C66H11NO2. The number of nitrogens with zero attached hydrogens (tertiary/aromatic N) is 1. The first-order valence-corrected chi connectivity index (χ1v) is 25.8. The molecule has 1 aliphatic heterocycles. The molecule has 3 heteroatoms. The average molecular weight is 850 g/mol. The molecule has 0 N–H and O–H groups in total. The molecule has 0 amide bonds. The molecule has 69 heavy (non-hydrogen) atoms. The second-order valence-electron chi connectivity index (χ2n) is 25.6. The van der Waals surface area contributed by atoms with E-state index < -0.39 is 0 Å². The summed E-state index contributed by atoms with van der Waals surface area (Å²) in [4.78, 5) is 16.2. The number of rotatable bonds is 3. The summed E-state index contributed by atoms with van der Waals surface area (Å²) in [6, 6.07) is 0. The van der Waals surface area contributed by atoms with Gasteiger partial charge < -0.3 is 9.64 Å². The van der Waals surface area contributed by atoms with Crippen LogP contribution in [0.2, 0.25) is 0 Å². The summed E-state index contributed by atoms with van der Waals surface area (Å²) in [5.41, 5.74) is 6.34. The van der Waals surface area contributed by atoms with Crippen LogP contribution in [-0.2, 0) is 20.4 Å². The highest BCUT2D eigenvalue weighted by Crippen LogP contribution is 2.85. The van der Waals surface area contributed by atoms with E-state index in [-0.39, 0.29) is 16.8 Å². The number of carbonyl (C=O) groups excluding carboxylic acids is 1. The van der Waals surface area contributed by atoms with Crippen LogP contribution in [0.1, 0.15) is 28.7 Å². The molecule has 0 aromatic heterocycles. The van der Waals surface area contributed by atoms with Gasteiger partial charge in [-0.3, -0.25) is 4.79 Å². The number of carbonyl (C=O) groups is 1. The first kappa shape index (κ1) is 25.9. The van der Waals surface area contributed by atoms with Gasteiger partial charge in [0.2, 0.25) is 0 Å². The Morgan fingerprint density at radius 2 is 0.435 bits per heavy atom. The van der Waals surface area contributed by atoms with E-state index in [1.54, 1.807) is 320 Å². The average Bonchev–Trinajstić information content (AvgIpc) is 4.27. The zero-order valence-electron chi connectivity index (χ0n) is 35.6. The largest absolute Gasteiger partial charge is 0.469 e. The van der Waals surface area contributed by atoms with E-state index in [4.69, 9.17) is 4.74 Å². The molecule has 1 saturated heterocycles. The molecule has 1 fully saturated rings. The summed E-state index contributed by atoms with van der Waals surface area (Å²) in [6.45, 7) is 2.65. The minimum absolute atomic E-state index is 0.0862. The summed E-state index contributed by atoms with van der Waals surface area (Å²) in [7, 11) is 1.58. The fraction of sp³-hybridized carbons (Fsp3) is 0.106. The van der Waals surface area contributed by atoms with Crippen LogP contribution in [0, 0.1) is 0 Å². The maximum Gasteiger partial charge on any atom is 0.306 e. The van der Waals surface area contributed by atoms with E-state index in [1.165, 1.54) is 0 Å². The summed E-state index contributed by atoms with van der Waals surface area (Å²) in [5, 5.41) is 88.8. The number of esters is 1. The maximum atomic E-state index is 13.3. The molecule has 0 saturated carbocycles. The molecule has 0 radical (unpaired) electrons. The number of likely N-dealkylation sites (tertiary alicyclic amines) is 1. The lowest BCUT2D eigenvalue weighted by Gasteiger charge is -2.49. The molecular weight excluding hydrogens is 839 g/mol. The van der Waals surface area contributed by atoms with Crippen LogP contribution in [0.25, 0.3) is 291 Å². The van der Waals surface area contributed by atoms with Gasteiger partial charge in [0, 0.05) is 19.6 Å². The van der Waals surface area contributed by atoms with Gasteiger partial charge >= 0.3 is 5.97 Å². The summed E-state index contributed by atoms with van der Waals surface area (Å²) < 4.78 is 5.45. The van der Waals surface area contributed by atoms with Gasteiger partial charge in [0.15, 0.2) is 0 Å². The molecule has 1 heterocycles. The van der Waals surface area contributed by atoms with Crippen LogP contribution in [0.15, 0.2) is 0 Å². The third kappa shape index (κ3) is 1.38. The molecule has 28 aromatic rings. The fourth-order valence-electron chi connectivity index (χ4n) is 25.4. The summed E-state index contributed by atoms with van der Waals surface area (Å²) in [6.07, 6.45) is 0.432. The smallest absolute Gasteiger partial charge is 0.306 e. The van der Waals surface area contributed by atoms with E-state index in [2.05, 4.69) is 4.90 Å². The van der Waals surface area contributed by atoms with Crippen LogP contribution in [0.5, 0.6) is 0 Å². The second kappa shape index (κ2) is 5.82. The lowest BCUT2D eigenvalue weighted by atomic mass is 9.50. The van der Waals surface area contributed by atoms with Crippen molar-refractivity contribution in [2.45, 2.75) is 17.3 Å². The molecule has 0 unspecified atom stereocenters. The number of hydrogen-bond acceptors (Lipinski definition) is 3. The number of methoxy groups -OCH3 is 1. The third-order valence-electron chi connectivity index (χ3n) is 25.5. The van der Waals surface area contributed by atoms with Crippen molar-refractivity contribution in [3.05, 3.63) is 22.3 Å². The van der Waals surface area contributed by atoms with Gasteiger partial charge in [-0.2, -0.15) is 0 Å². The number of benzene rings is 18. The monoisotopic (exact) mass is 849 g/mol. The Kier molecular flexibility index (Phi) is 2.18. The van der Waals surface area contributed by atoms with Gasteiger partial charge in [-0.25, -0.2) is 0 Å². The van der Waals surface area contributed by atoms with Gasteiger partial charge in [0.1, 0.15) is 0 Å². The highest BCUT2D eigenvalue weighted by atomic mass is 16.5. The predicted octanol–water partition coefficient (Wildman–Crippen LogP) is 16.2. The molecule has 28 aromatic carbocycles. The zero-order chi connectivity index (χ0) is 41.2. The topological polar surface area (TPSA) is 29.5 Å². The first-order valence-electron chi connectivity index (χ1n) is 25.8. The fourth-order valence-corrected chi connectivity index (χ4v) is 25.4. The van der Waals surface area contributed by atoms with Gasteiger partial charge in [0.25, 0.3) is 0 Å². The van der Waals surface area contributed by atoms with Gasteiger partial charge in [-0.15, -0.1) is 0 Å². The van der Waals surface area contributed by atoms with Crippen molar-refractivity contribution in [1.82, 2.24) is 4.90 Å². The Bertz CT molecular complexity index is 6570. The van der Waals surface area contributed by atoms with E-state index in [9.17, 15) is 4.79 Å². The van der Waals surface area contributed by atoms with Crippen molar-refractivity contribution in [1.29, 1.82) is 0 Å². The van der Waals surface area contributed by atoms with Crippen LogP contribution in [0.3, 0.4) is 0 Å². The Morgan fingerprint density at radius 3 is 0.580 bits per heavy atom. The molecule has 292 valence electrons. The standard InChI is InChI=1S/C66H11NO2/c1-69-6(68)2-3-67-4-65-61-53-45-35-25-17-9-7-8-11-15-13(9)21-29-23(15)33-27-19(11)20-12(8)16-14-10(7)18(17)26-32-22(14)30-24(16)34-28(20)38-37(27)47-41(33)51-43(29)49(39(45)31(21)25)57(61)59(51)63-55(47)56-48(38)42(34)52-44(30)50-40(32)46(36(26)35)54(53)62(65)58(50)60(52)64(56)66(63,65)5-67/h2-5H2,1H3. The summed E-state index contributed by atoms with van der Waals surface area (Å²) >= 11 is 0. The van der Waals surface area contributed by atoms with E-state index in [1.807, 2.05) is 0 Å². The first-order chi connectivity index (χ1) is 34.3. The van der Waals surface area contributed by atoms with Crippen molar-refractivity contribution in [3.8, 4) is 0 Å². The molecule has 3 nitrogen and oxygen atoms in total. The van der Waals surface area contributed by atoms with Crippen LogP contribution in [-0.4, -0.2) is 37.6 Å². The number of hydrogen-bond donors (Lipinski definition) is 0. The molecule has 5 aliphatic rings. The molecule has 0 bridgehead atoms. The molecule has 4 aliphatic carbocycles. The van der Waals surface area contributed by atoms with Crippen LogP contribution in [0.4, 0.5) is 0 Å². The van der Waals surface area contributed by atoms with Crippen molar-refractivity contribution in [2.75, 3.05) is 26.7 Å². The Balaban J connectivity index is 1.16. The van der Waals surface area contributed by atoms with Gasteiger partial charge in [0.05, 0.1) is 24.4 Å². The second-order valence-corrected chi connectivity index (χ2v) is 25.6. The predicted molar refractivity (Wildman–Crippen MR) is 287 cm³/mol. The highest BCUT2D eigenvalue weighted by Gasteiger charge is 2.72. The Labute approximate surface area is 375 Å². The SMILES string of the molecule is COC(=O)CCN1CC23c4c5c6c7c8c9c(c%10c%11c2c2c4c4c%12c5c5c6c6c8c8c%13c9c9c%10c%10c%11c%11c2c2c4c4c%12c%12c5c5c6c8c6c8c%13c9c9c%10c%10c%11c2c2c4c4c%12c5c6c5c8c9c%10c2c45)C73C1. The molecule has 0 atom stereocenters. The minimum atomic E-state index is -0.269. The van der Waals surface area contributed by atoms with E-state index in [0.717, 1.165) is 19.6 Å². The minimum Gasteiger partial charge on any atom is -0.469 e. The molecule has 33 rings (SSSR count). The normalized spacial score (nSPS) is 23.0. The van der Waals surface area contributed by atoms with Gasteiger partial charge in [-0.05, 0) is 313 Å². The zero-order valence-corrected chi connectivity index (χ0v) is 35.6. The lowest BCUT2D eigenvalue weighted by Crippen LogP contribution is -2.51. The third-order valence-corrected chi connectivity index (χ3v) is 25.5. The van der Waals surface area contributed by atoms with Gasteiger partial charge in [-0.1, -0.05) is 0 Å². The van der Waals surface area contributed by atoms with E-state index >= 15 is 0 Å². The van der Waals surface area contributed by atoms with Crippen LogP contribution < -0.4 is 0 Å². The van der Waals surface area contributed by atoms with Crippen molar-refractivity contribution < 1.29 is 9.53 Å². The Morgan fingerprint density at radius 1 is 0.290 bits per heavy atom. The highest BCUT2D eigenvalue weighted by molar-refractivity contribution is 6.82. The quantitative estimate of drug-likeness (QED) is 0.131. The van der Waals surface area contributed by atoms with Crippen molar-refractivity contribution >= 4 is 297 Å². The lowest BCUT2D eigenvalue weighted by molar-refractivity contribution is -0.140. The van der Waals surface area contributed by atoms with Crippen molar-refractivity contribution in [3.63, 3.8) is 0 Å². The van der Waals surface area contributed by atoms with Crippen LogP contribution >= 0.6 is 0 Å². The van der Waals surface area contributed by atoms with E-state index in [0.29, 0.717) is 6.42 Å².